The average Bonchev–Trinajstić information content (AvgIpc) is 2.51. The first-order valence-electron chi connectivity index (χ1n) is 7.04. The first-order valence-corrected chi connectivity index (χ1v) is 7.42. The van der Waals surface area contributed by atoms with E-state index in [0.717, 1.165) is 11.4 Å². The van der Waals surface area contributed by atoms with Crippen molar-refractivity contribution in [3.63, 3.8) is 0 Å². The minimum Gasteiger partial charge on any atom is -0.303 e. The summed E-state index contributed by atoms with van der Waals surface area (Å²) < 4.78 is 0. The van der Waals surface area contributed by atoms with Crippen molar-refractivity contribution in [1.29, 1.82) is 0 Å². The van der Waals surface area contributed by atoms with Crippen LogP contribution in [0.15, 0.2) is 59.6 Å². The Kier molecular flexibility index (Phi) is 3.95. The molecular formula is C17H18ClN3. The Balaban J connectivity index is 2.04. The number of halogens is 1. The first-order chi connectivity index (χ1) is 10.2. The Morgan fingerprint density at radius 1 is 1.05 bits per heavy atom. The number of benzene rings is 2. The van der Waals surface area contributed by atoms with Gasteiger partial charge in [0.05, 0.1) is 17.1 Å². The van der Waals surface area contributed by atoms with Crippen LogP contribution in [0.5, 0.6) is 0 Å². The van der Waals surface area contributed by atoms with Crippen molar-refractivity contribution in [2.75, 3.05) is 7.05 Å². The van der Waals surface area contributed by atoms with E-state index >= 15 is 0 Å². The van der Waals surface area contributed by atoms with E-state index in [1.807, 2.05) is 37.4 Å². The van der Waals surface area contributed by atoms with Crippen molar-refractivity contribution in [2.24, 2.45) is 4.99 Å². The average molecular weight is 300 g/mol. The monoisotopic (exact) mass is 299 g/mol. The number of hydrogen-bond acceptors (Lipinski definition) is 3. The minimum absolute atomic E-state index is 0.0868. The molecule has 1 heterocycles. The van der Waals surface area contributed by atoms with Crippen LogP contribution >= 0.6 is 11.6 Å². The van der Waals surface area contributed by atoms with E-state index in [4.69, 9.17) is 16.6 Å². The second-order valence-electron chi connectivity index (χ2n) is 5.28. The Labute approximate surface area is 130 Å². The molecule has 1 aliphatic heterocycles. The normalized spacial score (nSPS) is 22.5. The fourth-order valence-electron chi connectivity index (χ4n) is 2.54. The zero-order valence-electron chi connectivity index (χ0n) is 12.1. The highest BCUT2D eigenvalue weighted by Gasteiger charge is 2.28. The third-order valence-corrected chi connectivity index (χ3v) is 4.22. The Hall–Kier alpha value is -1.84. The van der Waals surface area contributed by atoms with Gasteiger partial charge in [0.15, 0.2) is 0 Å². The van der Waals surface area contributed by atoms with Gasteiger partial charge < -0.3 is 5.43 Å². The van der Waals surface area contributed by atoms with Crippen LogP contribution < -0.4 is 5.43 Å². The number of aliphatic imine (C=N–C) groups is 1. The van der Waals surface area contributed by atoms with E-state index in [1.165, 1.54) is 5.56 Å². The molecule has 1 aliphatic rings. The molecule has 3 nitrogen and oxygen atoms in total. The van der Waals surface area contributed by atoms with Crippen molar-refractivity contribution >= 4 is 17.4 Å². The maximum Gasteiger partial charge on any atom is 0.145 e. The van der Waals surface area contributed by atoms with Crippen molar-refractivity contribution in [3.05, 3.63) is 70.7 Å². The smallest absolute Gasteiger partial charge is 0.145 e. The molecule has 0 spiro atoms. The maximum absolute atomic E-state index is 6.30. The molecule has 0 aromatic heterocycles. The van der Waals surface area contributed by atoms with E-state index in [9.17, 15) is 0 Å². The SMILES string of the molecule is CC1C(c2ccccc2)N=C(c2ccccc2Cl)NN1C. The molecule has 2 aromatic rings. The molecular weight excluding hydrogens is 282 g/mol. The summed E-state index contributed by atoms with van der Waals surface area (Å²) in [5.74, 6) is 0.815. The van der Waals surface area contributed by atoms with Gasteiger partial charge in [-0.1, -0.05) is 54.1 Å². The zero-order chi connectivity index (χ0) is 14.8. The van der Waals surface area contributed by atoms with Crippen molar-refractivity contribution in [2.45, 2.75) is 19.0 Å². The van der Waals surface area contributed by atoms with Crippen molar-refractivity contribution < 1.29 is 0 Å². The summed E-state index contributed by atoms with van der Waals surface area (Å²) in [6, 6.07) is 18.5. The molecule has 4 heteroatoms. The van der Waals surface area contributed by atoms with Crippen LogP contribution in [0.4, 0.5) is 0 Å². The molecule has 0 radical (unpaired) electrons. The van der Waals surface area contributed by atoms with Gasteiger partial charge in [-0.15, -0.1) is 0 Å². The summed E-state index contributed by atoms with van der Waals surface area (Å²) in [7, 11) is 2.03. The molecule has 3 rings (SSSR count). The molecule has 2 atom stereocenters. The maximum atomic E-state index is 6.30. The van der Waals surface area contributed by atoms with Crippen LogP contribution in [-0.2, 0) is 0 Å². The van der Waals surface area contributed by atoms with E-state index in [1.54, 1.807) is 0 Å². The molecule has 0 bridgehead atoms. The van der Waals surface area contributed by atoms with E-state index in [2.05, 4.69) is 41.6 Å². The fraction of sp³-hybridized carbons (Fsp3) is 0.235. The molecule has 0 amide bonds. The van der Waals surface area contributed by atoms with E-state index in [0.29, 0.717) is 5.02 Å². The standard InChI is InChI=1S/C17H18ClN3/c1-12-16(13-8-4-3-5-9-13)19-17(20-21(12)2)14-10-6-7-11-15(14)18/h3-12,16H,1-2H3,(H,19,20). The Morgan fingerprint density at radius 2 is 1.71 bits per heavy atom. The van der Waals surface area contributed by atoms with Gasteiger partial charge in [0.25, 0.3) is 0 Å². The summed E-state index contributed by atoms with van der Waals surface area (Å²) in [6.07, 6.45) is 0. The molecule has 2 aromatic carbocycles. The highest BCUT2D eigenvalue weighted by Crippen LogP contribution is 2.28. The lowest BCUT2D eigenvalue weighted by Gasteiger charge is -2.36. The van der Waals surface area contributed by atoms with Crippen LogP contribution in [-0.4, -0.2) is 23.9 Å². The number of likely N-dealkylation sites (N-methyl/N-ethyl adjacent to an activating group) is 1. The predicted octanol–water partition coefficient (Wildman–Crippen LogP) is 3.67. The minimum atomic E-state index is 0.0868. The highest BCUT2D eigenvalue weighted by atomic mass is 35.5. The van der Waals surface area contributed by atoms with Gasteiger partial charge in [-0.3, -0.25) is 4.99 Å². The van der Waals surface area contributed by atoms with Gasteiger partial charge in [0.2, 0.25) is 0 Å². The highest BCUT2D eigenvalue weighted by molar-refractivity contribution is 6.34. The third-order valence-electron chi connectivity index (χ3n) is 3.89. The molecule has 0 fully saturated rings. The first kappa shape index (κ1) is 14.1. The number of hydrogen-bond donors (Lipinski definition) is 1. The van der Waals surface area contributed by atoms with Gasteiger partial charge in [-0.05, 0) is 24.6 Å². The van der Waals surface area contributed by atoms with Crippen LogP contribution in [0.2, 0.25) is 5.02 Å². The summed E-state index contributed by atoms with van der Waals surface area (Å²) in [5.41, 5.74) is 5.46. The molecule has 21 heavy (non-hydrogen) atoms. The number of nitrogens with one attached hydrogen (secondary N) is 1. The fourth-order valence-corrected chi connectivity index (χ4v) is 2.77. The molecule has 108 valence electrons. The lowest BCUT2D eigenvalue weighted by Crippen LogP contribution is -2.51. The van der Waals surface area contributed by atoms with Gasteiger partial charge >= 0.3 is 0 Å². The second-order valence-corrected chi connectivity index (χ2v) is 5.68. The van der Waals surface area contributed by atoms with E-state index < -0.39 is 0 Å². The summed E-state index contributed by atoms with van der Waals surface area (Å²) in [6.45, 7) is 2.16. The number of rotatable bonds is 2. The number of hydrazine groups is 1. The van der Waals surface area contributed by atoms with Gasteiger partial charge in [0, 0.05) is 12.6 Å². The molecule has 2 unspecified atom stereocenters. The number of nitrogens with zero attached hydrogens (tertiary/aromatic N) is 2. The summed E-state index contributed by atoms with van der Waals surface area (Å²) in [4.78, 5) is 4.89. The number of amidine groups is 1. The predicted molar refractivity (Wildman–Crippen MR) is 87.5 cm³/mol. The van der Waals surface area contributed by atoms with Gasteiger partial charge in [-0.2, -0.15) is 0 Å². The third kappa shape index (κ3) is 2.80. The van der Waals surface area contributed by atoms with E-state index in [-0.39, 0.29) is 12.1 Å². The van der Waals surface area contributed by atoms with Gasteiger partial charge in [-0.25, -0.2) is 5.01 Å². The quantitative estimate of drug-likeness (QED) is 0.916. The van der Waals surface area contributed by atoms with Crippen LogP contribution in [0.3, 0.4) is 0 Å². The van der Waals surface area contributed by atoms with Crippen LogP contribution in [0.25, 0.3) is 0 Å². The van der Waals surface area contributed by atoms with Gasteiger partial charge in [0.1, 0.15) is 5.84 Å². The molecule has 0 saturated carbocycles. The van der Waals surface area contributed by atoms with Crippen LogP contribution in [0, 0.1) is 0 Å². The zero-order valence-corrected chi connectivity index (χ0v) is 12.9. The molecule has 0 saturated heterocycles. The Morgan fingerprint density at radius 3 is 2.43 bits per heavy atom. The molecule has 1 N–H and O–H groups in total. The summed E-state index contributed by atoms with van der Waals surface area (Å²) >= 11 is 6.30. The largest absolute Gasteiger partial charge is 0.303 e. The summed E-state index contributed by atoms with van der Waals surface area (Å²) in [5, 5.41) is 2.79. The van der Waals surface area contributed by atoms with Crippen molar-refractivity contribution in [1.82, 2.24) is 10.4 Å². The van der Waals surface area contributed by atoms with Crippen LogP contribution in [0.1, 0.15) is 24.1 Å². The lowest BCUT2D eigenvalue weighted by atomic mass is 9.99. The topological polar surface area (TPSA) is 27.6 Å². The Bertz CT molecular complexity index is 654. The second kappa shape index (κ2) is 5.88. The van der Waals surface area contributed by atoms with Crippen molar-refractivity contribution in [3.8, 4) is 0 Å². The molecule has 0 aliphatic carbocycles. The lowest BCUT2D eigenvalue weighted by molar-refractivity contribution is 0.178.